The van der Waals surface area contributed by atoms with Crippen LogP contribution in [-0.2, 0) is 6.61 Å². The first-order chi connectivity index (χ1) is 9.74. The van der Waals surface area contributed by atoms with E-state index in [9.17, 15) is 0 Å². The lowest BCUT2D eigenvalue weighted by atomic mass is 10.2. The van der Waals surface area contributed by atoms with Gasteiger partial charge in [0, 0.05) is 6.07 Å². The molecule has 0 saturated heterocycles. The molecule has 0 aliphatic carbocycles. The molecule has 0 aliphatic heterocycles. The zero-order valence-corrected chi connectivity index (χ0v) is 13.3. The van der Waals surface area contributed by atoms with Crippen LogP contribution in [-0.4, -0.2) is 6.61 Å². The van der Waals surface area contributed by atoms with Gasteiger partial charge in [-0.05, 0) is 41.1 Å². The van der Waals surface area contributed by atoms with Crippen LogP contribution in [0.2, 0.25) is 0 Å². The third-order valence-electron chi connectivity index (χ3n) is 2.66. The van der Waals surface area contributed by atoms with Crippen molar-refractivity contribution in [1.82, 2.24) is 0 Å². The molecule has 2 rings (SSSR count). The summed E-state index contributed by atoms with van der Waals surface area (Å²) in [7, 11) is 0. The SMILES string of the molecule is CCOc1cc(C#N)cc(I)c1OCc1ccccc1. The van der Waals surface area contributed by atoms with Crippen LogP contribution < -0.4 is 9.47 Å². The van der Waals surface area contributed by atoms with E-state index >= 15 is 0 Å². The number of nitriles is 1. The van der Waals surface area contributed by atoms with E-state index in [4.69, 9.17) is 14.7 Å². The predicted octanol–water partition coefficient (Wildman–Crippen LogP) is 4.14. The van der Waals surface area contributed by atoms with Crippen molar-refractivity contribution in [2.75, 3.05) is 6.61 Å². The van der Waals surface area contributed by atoms with Crippen LogP contribution >= 0.6 is 22.6 Å². The molecular formula is C16H14INO2. The van der Waals surface area contributed by atoms with Crippen LogP contribution in [0.15, 0.2) is 42.5 Å². The van der Waals surface area contributed by atoms with Crippen LogP contribution in [0.1, 0.15) is 18.1 Å². The Morgan fingerprint density at radius 2 is 1.90 bits per heavy atom. The molecular weight excluding hydrogens is 365 g/mol. The number of hydrogen-bond acceptors (Lipinski definition) is 3. The molecule has 0 amide bonds. The Balaban J connectivity index is 2.24. The second kappa shape index (κ2) is 7.15. The Kier molecular flexibility index (Phi) is 5.24. The van der Waals surface area contributed by atoms with Crippen molar-refractivity contribution in [3.05, 3.63) is 57.2 Å². The highest BCUT2D eigenvalue weighted by atomic mass is 127. The molecule has 2 aromatic carbocycles. The molecule has 2 aromatic rings. The van der Waals surface area contributed by atoms with Gasteiger partial charge in [0.1, 0.15) is 6.61 Å². The zero-order valence-electron chi connectivity index (χ0n) is 11.1. The van der Waals surface area contributed by atoms with Gasteiger partial charge in [0.25, 0.3) is 0 Å². The maximum Gasteiger partial charge on any atom is 0.175 e. The lowest BCUT2D eigenvalue weighted by molar-refractivity contribution is 0.267. The highest BCUT2D eigenvalue weighted by molar-refractivity contribution is 14.1. The number of hydrogen-bond donors (Lipinski definition) is 0. The van der Waals surface area contributed by atoms with Crippen molar-refractivity contribution < 1.29 is 9.47 Å². The van der Waals surface area contributed by atoms with Gasteiger partial charge in [-0.2, -0.15) is 5.26 Å². The number of halogens is 1. The van der Waals surface area contributed by atoms with Gasteiger partial charge < -0.3 is 9.47 Å². The van der Waals surface area contributed by atoms with Crippen LogP contribution in [0.4, 0.5) is 0 Å². The molecule has 0 heterocycles. The maximum absolute atomic E-state index is 9.00. The van der Waals surface area contributed by atoms with Gasteiger partial charge in [-0.25, -0.2) is 0 Å². The van der Waals surface area contributed by atoms with Crippen molar-refractivity contribution in [2.24, 2.45) is 0 Å². The molecule has 0 spiro atoms. The monoisotopic (exact) mass is 379 g/mol. The summed E-state index contributed by atoms with van der Waals surface area (Å²) in [5, 5.41) is 9.00. The van der Waals surface area contributed by atoms with Crippen molar-refractivity contribution in [3.63, 3.8) is 0 Å². The van der Waals surface area contributed by atoms with Gasteiger partial charge in [0.15, 0.2) is 11.5 Å². The van der Waals surface area contributed by atoms with E-state index in [2.05, 4.69) is 28.7 Å². The van der Waals surface area contributed by atoms with Gasteiger partial charge in [-0.3, -0.25) is 0 Å². The molecule has 0 aromatic heterocycles. The molecule has 0 aliphatic rings. The van der Waals surface area contributed by atoms with E-state index in [0.717, 1.165) is 9.13 Å². The smallest absolute Gasteiger partial charge is 0.175 e. The molecule has 3 nitrogen and oxygen atoms in total. The van der Waals surface area contributed by atoms with Crippen molar-refractivity contribution in [2.45, 2.75) is 13.5 Å². The molecule has 0 N–H and O–H groups in total. The Hall–Kier alpha value is -1.74. The summed E-state index contributed by atoms with van der Waals surface area (Å²) in [6.07, 6.45) is 0. The summed E-state index contributed by atoms with van der Waals surface area (Å²) in [5.41, 5.74) is 1.67. The Bertz CT molecular complexity index is 620. The quantitative estimate of drug-likeness (QED) is 0.734. The average molecular weight is 379 g/mol. The highest BCUT2D eigenvalue weighted by Gasteiger charge is 2.12. The average Bonchev–Trinajstić information content (AvgIpc) is 2.47. The fourth-order valence-corrected chi connectivity index (χ4v) is 2.52. The standard InChI is InChI=1S/C16H14INO2/c1-2-19-15-9-13(10-18)8-14(17)16(15)20-11-12-6-4-3-5-7-12/h3-9H,2,11H2,1H3. The van der Waals surface area contributed by atoms with Crippen LogP contribution in [0.3, 0.4) is 0 Å². The third kappa shape index (κ3) is 3.64. The third-order valence-corrected chi connectivity index (χ3v) is 3.47. The molecule has 20 heavy (non-hydrogen) atoms. The Morgan fingerprint density at radius 1 is 1.15 bits per heavy atom. The maximum atomic E-state index is 9.00. The first-order valence-corrected chi connectivity index (χ1v) is 7.35. The first-order valence-electron chi connectivity index (χ1n) is 6.27. The van der Waals surface area contributed by atoms with Crippen LogP contribution in [0.25, 0.3) is 0 Å². The summed E-state index contributed by atoms with van der Waals surface area (Å²) in [5.74, 6) is 1.31. The number of ether oxygens (including phenoxy) is 2. The van der Waals surface area contributed by atoms with Gasteiger partial charge in [0.2, 0.25) is 0 Å². The second-order valence-corrected chi connectivity index (χ2v) is 5.27. The summed E-state index contributed by atoms with van der Waals surface area (Å²) in [4.78, 5) is 0. The molecule has 0 bridgehead atoms. The fraction of sp³-hybridized carbons (Fsp3) is 0.188. The second-order valence-electron chi connectivity index (χ2n) is 4.10. The van der Waals surface area contributed by atoms with E-state index in [-0.39, 0.29) is 0 Å². The molecule has 102 valence electrons. The van der Waals surface area contributed by atoms with Crippen LogP contribution in [0.5, 0.6) is 11.5 Å². The summed E-state index contributed by atoms with van der Waals surface area (Å²) < 4.78 is 12.3. The van der Waals surface area contributed by atoms with Gasteiger partial charge >= 0.3 is 0 Å². The first kappa shape index (κ1) is 14.7. The van der Waals surface area contributed by atoms with Gasteiger partial charge in [0.05, 0.1) is 21.8 Å². The van der Waals surface area contributed by atoms with Crippen LogP contribution in [0, 0.1) is 14.9 Å². The molecule has 0 radical (unpaired) electrons. The molecule has 4 heteroatoms. The Morgan fingerprint density at radius 3 is 2.55 bits per heavy atom. The minimum atomic E-state index is 0.475. The fourth-order valence-electron chi connectivity index (χ4n) is 1.77. The number of benzene rings is 2. The predicted molar refractivity (Wildman–Crippen MR) is 85.8 cm³/mol. The van der Waals surface area contributed by atoms with Gasteiger partial charge in [-0.15, -0.1) is 0 Å². The number of rotatable bonds is 5. The molecule has 0 atom stereocenters. The van der Waals surface area contributed by atoms with E-state index in [1.165, 1.54) is 0 Å². The van der Waals surface area contributed by atoms with Crippen molar-refractivity contribution >= 4 is 22.6 Å². The minimum absolute atomic E-state index is 0.475. The van der Waals surface area contributed by atoms with Gasteiger partial charge in [-0.1, -0.05) is 30.3 Å². The topological polar surface area (TPSA) is 42.2 Å². The molecule has 0 unspecified atom stereocenters. The summed E-state index contributed by atoms with van der Waals surface area (Å²) in [6, 6.07) is 15.6. The minimum Gasteiger partial charge on any atom is -0.490 e. The Labute approximate surface area is 132 Å². The zero-order chi connectivity index (χ0) is 14.4. The number of nitrogens with zero attached hydrogens (tertiary/aromatic N) is 1. The summed E-state index contributed by atoms with van der Waals surface area (Å²) >= 11 is 2.16. The van der Waals surface area contributed by atoms with E-state index in [0.29, 0.717) is 30.3 Å². The molecule has 0 fully saturated rings. The van der Waals surface area contributed by atoms with Crippen molar-refractivity contribution in [1.29, 1.82) is 5.26 Å². The molecule has 0 saturated carbocycles. The van der Waals surface area contributed by atoms with Crippen molar-refractivity contribution in [3.8, 4) is 17.6 Å². The summed E-state index contributed by atoms with van der Waals surface area (Å²) in [6.45, 7) is 2.92. The lowest BCUT2D eigenvalue weighted by Gasteiger charge is -2.14. The van der Waals surface area contributed by atoms with E-state index in [1.807, 2.05) is 37.3 Å². The van der Waals surface area contributed by atoms with E-state index in [1.54, 1.807) is 12.1 Å². The largest absolute Gasteiger partial charge is 0.490 e. The lowest BCUT2D eigenvalue weighted by Crippen LogP contribution is -2.02. The normalized spacial score (nSPS) is 9.85. The highest BCUT2D eigenvalue weighted by Crippen LogP contribution is 2.34. The van der Waals surface area contributed by atoms with E-state index < -0.39 is 0 Å².